The van der Waals surface area contributed by atoms with Crippen LogP contribution >= 0.6 is 34.5 Å². The van der Waals surface area contributed by atoms with E-state index in [2.05, 4.69) is 15.2 Å². The van der Waals surface area contributed by atoms with E-state index >= 15 is 0 Å². The van der Waals surface area contributed by atoms with Gasteiger partial charge in [0, 0.05) is 58.6 Å². The maximum atomic E-state index is 13.0. The van der Waals surface area contributed by atoms with E-state index in [1.165, 1.54) is 24.5 Å². The maximum Gasteiger partial charge on any atom is 0.338 e. The minimum Gasteiger partial charge on any atom is -0.478 e. The lowest BCUT2D eigenvalue weighted by atomic mass is 9.95. The van der Waals surface area contributed by atoms with Gasteiger partial charge >= 0.3 is 11.9 Å². The Kier molecular flexibility index (Phi) is 8.19. The summed E-state index contributed by atoms with van der Waals surface area (Å²) >= 11 is 14.0. The van der Waals surface area contributed by atoms with E-state index in [0.29, 0.717) is 64.0 Å². The number of rotatable bonds is 7. The summed E-state index contributed by atoms with van der Waals surface area (Å²) in [5, 5.41) is 15.5. The number of benzene rings is 1. The van der Waals surface area contributed by atoms with Crippen LogP contribution in [0.15, 0.2) is 58.2 Å². The number of aromatic nitrogens is 1. The van der Waals surface area contributed by atoms with Gasteiger partial charge < -0.3 is 19.9 Å². The van der Waals surface area contributed by atoms with Gasteiger partial charge in [-0.1, -0.05) is 29.3 Å². The zero-order chi connectivity index (χ0) is 24.9. The standard InChI is InChI=1S/C23H22Cl2N4O5S/c1-33-23(32)19-17(12-29-7-8-34-14(11-29)3-5-18(30)31)27-21(22-26-6-9-35-22)28-20(19)15-4-2-13(24)10-16(15)25/h2-6,9-10,14,20H,7-8,11-12H2,1H3,(H,27,28)(H,30,31)/b5-3+/t14-,20+/m1/s1. The SMILES string of the molecule is COC(=O)C1=C(CN2CCO[C@H](/C=C/C(=O)O)C2)NC(c2nccs2)=N[C@H]1c1ccc(Cl)cc1Cl. The number of hydrogen-bond acceptors (Lipinski definition) is 9. The number of ether oxygens (including phenoxy) is 2. The van der Waals surface area contributed by atoms with Gasteiger partial charge in [-0.2, -0.15) is 0 Å². The average Bonchev–Trinajstić information content (AvgIpc) is 3.37. The Labute approximate surface area is 215 Å². The molecule has 1 aromatic carbocycles. The molecule has 1 saturated heterocycles. The smallest absolute Gasteiger partial charge is 0.338 e. The average molecular weight is 537 g/mol. The Morgan fingerprint density at radius 1 is 1.40 bits per heavy atom. The summed E-state index contributed by atoms with van der Waals surface area (Å²) in [6.45, 7) is 1.79. The predicted octanol–water partition coefficient (Wildman–Crippen LogP) is 3.31. The van der Waals surface area contributed by atoms with Crippen LogP contribution in [0, 0.1) is 0 Å². The van der Waals surface area contributed by atoms with E-state index in [1.807, 2.05) is 5.38 Å². The molecule has 35 heavy (non-hydrogen) atoms. The zero-order valence-corrected chi connectivity index (χ0v) is 20.9. The number of halogens is 2. The van der Waals surface area contributed by atoms with Crippen LogP contribution in [-0.4, -0.2) is 72.2 Å². The number of aliphatic carboxylic acids is 1. The highest BCUT2D eigenvalue weighted by Crippen LogP contribution is 2.37. The third-order valence-electron chi connectivity index (χ3n) is 5.44. The number of carbonyl (C=O) groups is 2. The summed E-state index contributed by atoms with van der Waals surface area (Å²) in [5.74, 6) is -1.07. The normalized spacial score (nSPS) is 21.1. The molecule has 0 bridgehead atoms. The first-order valence-electron chi connectivity index (χ1n) is 10.6. The van der Waals surface area contributed by atoms with Crippen molar-refractivity contribution in [1.29, 1.82) is 0 Å². The second-order valence-electron chi connectivity index (χ2n) is 7.73. The lowest BCUT2D eigenvalue weighted by molar-refractivity contribution is -0.136. The predicted molar refractivity (Wildman–Crippen MR) is 133 cm³/mol. The Hall–Kier alpha value is -2.76. The van der Waals surface area contributed by atoms with Crippen LogP contribution in [0.3, 0.4) is 0 Å². The fourth-order valence-electron chi connectivity index (χ4n) is 3.87. The van der Waals surface area contributed by atoms with Crippen molar-refractivity contribution in [2.75, 3.05) is 33.4 Å². The molecular weight excluding hydrogens is 515 g/mol. The largest absolute Gasteiger partial charge is 0.478 e. The number of esters is 1. The summed E-state index contributed by atoms with van der Waals surface area (Å²) in [7, 11) is 1.31. The van der Waals surface area contributed by atoms with E-state index in [4.69, 9.17) is 42.8 Å². The molecule has 2 aliphatic rings. The number of carbonyl (C=O) groups excluding carboxylic acids is 1. The van der Waals surface area contributed by atoms with Crippen molar-refractivity contribution in [3.63, 3.8) is 0 Å². The fourth-order valence-corrected chi connectivity index (χ4v) is 4.97. The summed E-state index contributed by atoms with van der Waals surface area (Å²) in [5.41, 5.74) is 1.52. The van der Waals surface area contributed by atoms with E-state index in [-0.39, 0.29) is 6.10 Å². The molecule has 1 aromatic heterocycles. The molecule has 2 aromatic rings. The van der Waals surface area contributed by atoms with Gasteiger partial charge in [-0.05, 0) is 18.2 Å². The molecule has 184 valence electrons. The molecule has 0 radical (unpaired) electrons. The Morgan fingerprint density at radius 3 is 2.91 bits per heavy atom. The topological polar surface area (TPSA) is 113 Å². The van der Waals surface area contributed by atoms with Gasteiger partial charge in [-0.15, -0.1) is 11.3 Å². The molecule has 0 aliphatic carbocycles. The van der Waals surface area contributed by atoms with Crippen molar-refractivity contribution < 1.29 is 24.2 Å². The quantitative estimate of drug-likeness (QED) is 0.409. The number of nitrogens with zero attached hydrogens (tertiary/aromatic N) is 3. The molecular formula is C23H22Cl2N4O5S. The van der Waals surface area contributed by atoms with Gasteiger partial charge in [0.1, 0.15) is 6.04 Å². The first-order valence-corrected chi connectivity index (χ1v) is 12.3. The number of thiazole rings is 1. The molecule has 0 spiro atoms. The van der Waals surface area contributed by atoms with Crippen LogP contribution in [0.4, 0.5) is 0 Å². The number of carboxylic acid groups (broad SMARTS) is 1. The third-order valence-corrected chi connectivity index (χ3v) is 6.78. The highest BCUT2D eigenvalue weighted by Gasteiger charge is 2.35. The minimum absolute atomic E-state index is 0.321. The van der Waals surface area contributed by atoms with Gasteiger partial charge in [0.05, 0.1) is 25.4 Å². The van der Waals surface area contributed by atoms with Crippen molar-refractivity contribution in [1.82, 2.24) is 15.2 Å². The van der Waals surface area contributed by atoms with Crippen molar-refractivity contribution in [2.45, 2.75) is 12.1 Å². The molecule has 2 atom stereocenters. The van der Waals surface area contributed by atoms with Crippen LogP contribution < -0.4 is 5.32 Å². The summed E-state index contributed by atoms with van der Waals surface area (Å²) in [4.78, 5) is 35.1. The van der Waals surface area contributed by atoms with E-state index in [0.717, 1.165) is 6.08 Å². The zero-order valence-electron chi connectivity index (χ0n) is 18.6. The Morgan fingerprint density at radius 2 is 2.23 bits per heavy atom. The van der Waals surface area contributed by atoms with Crippen molar-refractivity contribution in [3.8, 4) is 0 Å². The van der Waals surface area contributed by atoms with E-state index in [1.54, 1.807) is 24.4 Å². The highest BCUT2D eigenvalue weighted by molar-refractivity contribution is 7.11. The number of amidine groups is 1. The molecule has 0 unspecified atom stereocenters. The number of nitrogens with one attached hydrogen (secondary N) is 1. The Bertz CT molecular complexity index is 1200. The number of methoxy groups -OCH3 is 1. The van der Waals surface area contributed by atoms with Crippen LogP contribution in [-0.2, 0) is 19.1 Å². The van der Waals surface area contributed by atoms with Crippen LogP contribution in [0.25, 0.3) is 0 Å². The molecule has 1 fully saturated rings. The Balaban J connectivity index is 1.73. The number of hydrogen-bond donors (Lipinski definition) is 2. The fraction of sp³-hybridized carbons (Fsp3) is 0.304. The highest BCUT2D eigenvalue weighted by atomic mass is 35.5. The number of morpholine rings is 1. The lowest BCUT2D eigenvalue weighted by Gasteiger charge is -2.34. The summed E-state index contributed by atoms with van der Waals surface area (Å²) in [6.07, 6.45) is 3.86. The molecule has 3 heterocycles. The second kappa shape index (κ2) is 11.3. The molecule has 2 N–H and O–H groups in total. The second-order valence-corrected chi connectivity index (χ2v) is 9.47. The van der Waals surface area contributed by atoms with Crippen molar-refractivity contribution >= 4 is 52.3 Å². The van der Waals surface area contributed by atoms with Crippen molar-refractivity contribution in [2.24, 2.45) is 4.99 Å². The van der Waals surface area contributed by atoms with Crippen molar-refractivity contribution in [3.05, 3.63) is 73.8 Å². The van der Waals surface area contributed by atoms with Crippen LogP contribution in [0.1, 0.15) is 16.6 Å². The van der Waals surface area contributed by atoms with E-state index < -0.39 is 18.0 Å². The van der Waals surface area contributed by atoms with Gasteiger partial charge in [0.2, 0.25) is 0 Å². The van der Waals surface area contributed by atoms with Gasteiger partial charge in [0.25, 0.3) is 0 Å². The van der Waals surface area contributed by atoms with Crippen LogP contribution in [0.2, 0.25) is 10.0 Å². The first-order chi connectivity index (χ1) is 16.9. The summed E-state index contributed by atoms with van der Waals surface area (Å²) in [6, 6.07) is 4.30. The molecule has 12 heteroatoms. The molecule has 0 saturated carbocycles. The van der Waals surface area contributed by atoms with Crippen LogP contribution in [0.5, 0.6) is 0 Å². The third kappa shape index (κ3) is 6.09. The molecule has 2 aliphatic heterocycles. The van der Waals surface area contributed by atoms with Gasteiger partial charge in [0.15, 0.2) is 10.8 Å². The van der Waals surface area contributed by atoms with Gasteiger partial charge in [-0.3, -0.25) is 9.89 Å². The van der Waals surface area contributed by atoms with E-state index in [9.17, 15) is 9.59 Å². The number of carboxylic acids is 1. The van der Waals surface area contributed by atoms with Gasteiger partial charge in [-0.25, -0.2) is 14.6 Å². The minimum atomic E-state index is -1.04. The monoisotopic (exact) mass is 536 g/mol. The number of aliphatic imine (C=N–C) groups is 1. The maximum absolute atomic E-state index is 13.0. The first kappa shape index (κ1) is 25.3. The lowest BCUT2D eigenvalue weighted by Crippen LogP contribution is -2.46. The molecule has 0 amide bonds. The summed E-state index contributed by atoms with van der Waals surface area (Å²) < 4.78 is 10.8. The molecule has 9 nitrogen and oxygen atoms in total. The molecule has 4 rings (SSSR count).